The summed E-state index contributed by atoms with van der Waals surface area (Å²) >= 11 is 0. The van der Waals surface area contributed by atoms with Gasteiger partial charge in [-0.1, -0.05) is 6.07 Å². The maximum atomic E-state index is 11.6. The zero-order valence-electron chi connectivity index (χ0n) is 10.3. The Bertz CT molecular complexity index is 321. The molecule has 0 fully saturated rings. The number of hydrogen-bond acceptors (Lipinski definition) is 5. The molecule has 0 unspecified atom stereocenters. The van der Waals surface area contributed by atoms with E-state index in [1.807, 2.05) is 0 Å². The number of anilines is 1. The van der Waals surface area contributed by atoms with Crippen molar-refractivity contribution in [1.82, 2.24) is 4.98 Å². The van der Waals surface area contributed by atoms with Gasteiger partial charge in [-0.2, -0.15) is 4.98 Å². The van der Waals surface area contributed by atoms with E-state index in [1.54, 1.807) is 39.0 Å². The van der Waals surface area contributed by atoms with Gasteiger partial charge < -0.3 is 10.5 Å². The van der Waals surface area contributed by atoms with Gasteiger partial charge in [0.25, 0.3) is 0 Å². The van der Waals surface area contributed by atoms with Gasteiger partial charge in [-0.25, -0.2) is 9.28 Å². The van der Waals surface area contributed by atoms with Crippen molar-refractivity contribution in [1.29, 1.82) is 0 Å². The largest absolute Gasteiger partial charge is 0.475 e. The van der Waals surface area contributed by atoms with Gasteiger partial charge in [-0.15, -0.1) is 0 Å². The van der Waals surface area contributed by atoms with E-state index in [0.717, 1.165) is 0 Å². The van der Waals surface area contributed by atoms with E-state index in [0.29, 0.717) is 11.7 Å². The summed E-state index contributed by atoms with van der Waals surface area (Å²) in [5.74, 6) is 0.740. The first-order valence-corrected chi connectivity index (χ1v) is 5.13. The Labute approximate surface area is 102 Å². The van der Waals surface area contributed by atoms with Crippen LogP contribution in [0.3, 0.4) is 0 Å². The van der Waals surface area contributed by atoms with Gasteiger partial charge in [-0.3, -0.25) is 5.26 Å². The van der Waals surface area contributed by atoms with E-state index in [4.69, 9.17) is 15.7 Å². The Balaban J connectivity index is 0. The van der Waals surface area contributed by atoms with Gasteiger partial charge in [0.1, 0.15) is 19.1 Å². The van der Waals surface area contributed by atoms with Crippen molar-refractivity contribution < 1.29 is 20.7 Å². The molecule has 0 spiro atoms. The van der Waals surface area contributed by atoms with Crippen LogP contribution in [0.2, 0.25) is 0 Å². The van der Waals surface area contributed by atoms with Crippen molar-refractivity contribution in [2.75, 3.05) is 19.0 Å². The molecule has 0 aliphatic carbocycles. The first kappa shape index (κ1) is 15.6. The fourth-order valence-corrected chi connectivity index (χ4v) is 0.654. The summed E-state index contributed by atoms with van der Waals surface area (Å²) in [5, 5.41) is 7.90. The minimum Gasteiger partial charge on any atom is -0.475 e. The highest BCUT2D eigenvalue weighted by molar-refractivity contribution is 5.30. The SMILES string of the molecule is CC(C)(C)OO.Nc1cccc(OCCF)n1.[HH]. The average molecular weight is 248 g/mol. The third kappa shape index (κ3) is 9.52. The monoisotopic (exact) mass is 248 g/mol. The lowest BCUT2D eigenvalue weighted by atomic mass is 10.2. The van der Waals surface area contributed by atoms with Crippen LogP contribution in [0, 0.1) is 0 Å². The minimum absolute atomic E-state index is 0. The third-order valence-corrected chi connectivity index (χ3v) is 1.35. The molecule has 0 saturated heterocycles. The van der Waals surface area contributed by atoms with Crippen molar-refractivity contribution in [3.63, 3.8) is 0 Å². The fraction of sp³-hybridized carbons (Fsp3) is 0.545. The average Bonchev–Trinajstić information content (AvgIpc) is 2.26. The van der Waals surface area contributed by atoms with Crippen molar-refractivity contribution in [3.05, 3.63) is 18.2 Å². The highest BCUT2D eigenvalue weighted by atomic mass is 19.1. The van der Waals surface area contributed by atoms with Crippen LogP contribution in [-0.4, -0.2) is 29.1 Å². The lowest BCUT2D eigenvalue weighted by Gasteiger charge is -2.10. The predicted octanol–water partition coefficient (Wildman–Crippen LogP) is 2.53. The van der Waals surface area contributed by atoms with Crippen LogP contribution in [0.15, 0.2) is 18.2 Å². The van der Waals surface area contributed by atoms with E-state index in [1.165, 1.54) is 0 Å². The molecular formula is C11H21FN2O3. The molecule has 0 aliphatic rings. The molecule has 0 aliphatic heterocycles. The molecule has 1 heterocycles. The Morgan fingerprint density at radius 1 is 1.47 bits per heavy atom. The van der Waals surface area contributed by atoms with E-state index in [-0.39, 0.29) is 8.03 Å². The maximum Gasteiger partial charge on any atom is 0.215 e. The molecular weight excluding hydrogens is 227 g/mol. The molecule has 6 heteroatoms. The third-order valence-electron chi connectivity index (χ3n) is 1.35. The summed E-state index contributed by atoms with van der Waals surface area (Å²) in [6, 6.07) is 4.98. The van der Waals surface area contributed by atoms with Crippen LogP contribution in [-0.2, 0) is 4.89 Å². The second-order valence-electron chi connectivity index (χ2n) is 4.14. The zero-order valence-corrected chi connectivity index (χ0v) is 10.3. The number of alkyl halides is 1. The lowest BCUT2D eigenvalue weighted by molar-refractivity contribution is -0.306. The van der Waals surface area contributed by atoms with Gasteiger partial charge in [0.15, 0.2) is 0 Å². The van der Waals surface area contributed by atoms with E-state index < -0.39 is 12.3 Å². The summed E-state index contributed by atoms with van der Waals surface area (Å²) in [7, 11) is 0. The molecule has 0 radical (unpaired) electrons. The van der Waals surface area contributed by atoms with Crippen molar-refractivity contribution in [2.24, 2.45) is 0 Å². The summed E-state index contributed by atoms with van der Waals surface area (Å²) in [6.07, 6.45) is 0. The molecule has 1 aromatic heterocycles. The Kier molecular flexibility index (Phi) is 7.16. The lowest BCUT2D eigenvalue weighted by Crippen LogP contribution is -2.15. The van der Waals surface area contributed by atoms with Crippen molar-refractivity contribution >= 4 is 5.82 Å². The molecule has 3 N–H and O–H groups in total. The number of nitrogens with two attached hydrogens (primary N) is 1. The Morgan fingerprint density at radius 3 is 2.47 bits per heavy atom. The molecule has 17 heavy (non-hydrogen) atoms. The van der Waals surface area contributed by atoms with Gasteiger partial charge in [0.2, 0.25) is 5.88 Å². The molecule has 5 nitrogen and oxygen atoms in total. The Hall–Kier alpha value is -1.40. The van der Waals surface area contributed by atoms with Crippen molar-refractivity contribution in [2.45, 2.75) is 26.4 Å². The highest BCUT2D eigenvalue weighted by Crippen LogP contribution is 2.07. The van der Waals surface area contributed by atoms with Crippen LogP contribution >= 0.6 is 0 Å². The molecule has 0 amide bonds. The van der Waals surface area contributed by atoms with Crippen LogP contribution in [0.25, 0.3) is 0 Å². The second kappa shape index (κ2) is 7.81. The molecule has 0 bridgehead atoms. The number of halogens is 1. The highest BCUT2D eigenvalue weighted by Gasteiger charge is 2.07. The smallest absolute Gasteiger partial charge is 0.215 e. The fourth-order valence-electron chi connectivity index (χ4n) is 0.654. The van der Waals surface area contributed by atoms with Crippen LogP contribution < -0.4 is 10.5 Å². The number of nitrogen functional groups attached to an aromatic ring is 1. The van der Waals surface area contributed by atoms with E-state index in [2.05, 4.69) is 9.87 Å². The van der Waals surface area contributed by atoms with Crippen LogP contribution in [0.1, 0.15) is 22.2 Å². The summed E-state index contributed by atoms with van der Waals surface area (Å²) in [5.41, 5.74) is 4.94. The van der Waals surface area contributed by atoms with Gasteiger partial charge in [0.05, 0.1) is 5.60 Å². The summed E-state index contributed by atoms with van der Waals surface area (Å²) < 4.78 is 16.5. The molecule has 1 aromatic rings. The van der Waals surface area contributed by atoms with E-state index in [9.17, 15) is 4.39 Å². The number of pyridine rings is 1. The van der Waals surface area contributed by atoms with Gasteiger partial charge in [-0.05, 0) is 26.8 Å². The number of rotatable bonds is 3. The summed E-state index contributed by atoms with van der Waals surface area (Å²) in [6.45, 7) is 4.82. The standard InChI is InChI=1S/C7H9FN2O.C4H10O2.H2/c8-4-5-11-7-3-1-2-6(9)10-7;1-4(2,3)6-5;/h1-3H,4-5H2,(H2,9,10);5H,1-3H3;1H. The molecule has 0 saturated carbocycles. The maximum absolute atomic E-state index is 11.6. The van der Waals surface area contributed by atoms with Crippen molar-refractivity contribution in [3.8, 4) is 5.88 Å². The molecule has 0 aromatic carbocycles. The van der Waals surface area contributed by atoms with E-state index >= 15 is 0 Å². The molecule has 100 valence electrons. The second-order valence-corrected chi connectivity index (χ2v) is 4.14. The molecule has 1 rings (SSSR count). The van der Waals surface area contributed by atoms with Gasteiger partial charge in [0, 0.05) is 7.49 Å². The molecule has 0 atom stereocenters. The first-order chi connectivity index (χ1) is 7.89. The quantitative estimate of drug-likeness (QED) is 0.635. The number of hydrogen-bond donors (Lipinski definition) is 2. The summed E-state index contributed by atoms with van der Waals surface area (Å²) in [4.78, 5) is 7.74. The first-order valence-electron chi connectivity index (χ1n) is 5.13. The number of ether oxygens (including phenoxy) is 1. The van der Waals surface area contributed by atoms with Gasteiger partial charge >= 0.3 is 0 Å². The predicted molar refractivity (Wildman–Crippen MR) is 65.7 cm³/mol. The zero-order chi connectivity index (χ0) is 13.3. The normalized spacial score (nSPS) is 10.4. The minimum atomic E-state index is -0.517. The Morgan fingerprint density at radius 2 is 2.06 bits per heavy atom. The van der Waals surface area contributed by atoms with Crippen LogP contribution in [0.4, 0.5) is 10.2 Å². The number of aromatic nitrogens is 1. The topological polar surface area (TPSA) is 77.6 Å². The number of nitrogens with zero attached hydrogens (tertiary/aromatic N) is 1. The van der Waals surface area contributed by atoms with Crippen LogP contribution in [0.5, 0.6) is 5.88 Å².